The lowest BCUT2D eigenvalue weighted by molar-refractivity contribution is -0.192. The molecule has 252 valence electrons. The van der Waals surface area contributed by atoms with Crippen LogP contribution in [0.4, 0.5) is 46.8 Å². The number of benzene rings is 2. The quantitative estimate of drug-likeness (QED) is 0.170. The maximum atomic E-state index is 13.0. The van der Waals surface area contributed by atoms with Crippen LogP contribution in [0.25, 0.3) is 0 Å². The van der Waals surface area contributed by atoms with Crippen LogP contribution >= 0.6 is 11.6 Å². The van der Waals surface area contributed by atoms with Gasteiger partial charge in [-0.3, -0.25) is 4.79 Å². The molecule has 0 unspecified atom stereocenters. The minimum absolute atomic E-state index is 0.0477. The van der Waals surface area contributed by atoms with Crippen molar-refractivity contribution in [3.63, 3.8) is 0 Å². The number of carboxylic acids is 1. The number of urea groups is 1. The van der Waals surface area contributed by atoms with Crippen LogP contribution in [0.1, 0.15) is 40.2 Å². The number of fused-ring (bicyclic) bond motifs is 6. The molecule has 2 aromatic heterocycles. The molecule has 4 heterocycles. The van der Waals surface area contributed by atoms with Crippen LogP contribution in [0.5, 0.6) is 0 Å². The number of carbonyl (C=O) groups excluding carboxylic acids is 2. The number of halogens is 4. The number of alkyl halides is 3. The summed E-state index contributed by atoms with van der Waals surface area (Å²) in [7, 11) is 0. The second kappa shape index (κ2) is 14.6. The van der Waals surface area contributed by atoms with E-state index in [2.05, 4.69) is 48.5 Å². The Kier molecular flexibility index (Phi) is 10.3. The van der Waals surface area contributed by atoms with Crippen LogP contribution in [0.2, 0.25) is 5.02 Å². The summed E-state index contributed by atoms with van der Waals surface area (Å²) in [5.74, 6) is -1.40. The summed E-state index contributed by atoms with van der Waals surface area (Å²) in [5.41, 5.74) is 4.81. The number of nitrogens with one attached hydrogen (secondary N) is 4. The number of anilines is 5. The second-order valence-electron chi connectivity index (χ2n) is 11.0. The van der Waals surface area contributed by atoms with E-state index in [9.17, 15) is 22.8 Å². The molecule has 0 radical (unpaired) electrons. The Labute approximate surface area is 276 Å². The van der Waals surface area contributed by atoms with E-state index in [0.717, 1.165) is 34.6 Å². The van der Waals surface area contributed by atoms with Gasteiger partial charge in [0.2, 0.25) is 5.95 Å². The molecule has 2 aliphatic rings. The molecule has 1 saturated heterocycles. The van der Waals surface area contributed by atoms with Crippen LogP contribution in [0.15, 0.2) is 59.3 Å². The first-order valence-electron chi connectivity index (χ1n) is 14.7. The molecule has 0 spiro atoms. The maximum absolute atomic E-state index is 13.0. The lowest BCUT2D eigenvalue weighted by Gasteiger charge is -2.32. The number of likely N-dealkylation sites (tertiary alicyclic amines) is 1. The zero-order valence-electron chi connectivity index (χ0n) is 25.4. The van der Waals surface area contributed by atoms with Gasteiger partial charge in [0, 0.05) is 42.3 Å². The molecule has 2 aliphatic heterocycles. The van der Waals surface area contributed by atoms with Gasteiger partial charge in [0.05, 0.1) is 6.20 Å². The van der Waals surface area contributed by atoms with Crippen molar-refractivity contribution in [2.75, 3.05) is 29.0 Å². The van der Waals surface area contributed by atoms with Crippen molar-refractivity contribution in [1.82, 2.24) is 25.3 Å². The molecule has 3 amide bonds. The van der Waals surface area contributed by atoms with Crippen molar-refractivity contribution in [2.45, 2.75) is 44.8 Å². The largest absolute Gasteiger partial charge is 0.490 e. The van der Waals surface area contributed by atoms with E-state index in [-0.39, 0.29) is 18.0 Å². The van der Waals surface area contributed by atoms with Crippen LogP contribution in [-0.2, 0) is 17.6 Å². The zero-order valence-corrected chi connectivity index (χ0v) is 26.2. The van der Waals surface area contributed by atoms with Crippen molar-refractivity contribution in [1.29, 1.82) is 0 Å². The lowest BCUT2D eigenvalue weighted by Crippen LogP contribution is -2.47. The lowest BCUT2D eigenvalue weighted by atomic mass is 10.0. The van der Waals surface area contributed by atoms with Crippen molar-refractivity contribution in [3.8, 4) is 0 Å². The van der Waals surface area contributed by atoms with E-state index in [1.807, 2.05) is 30.3 Å². The summed E-state index contributed by atoms with van der Waals surface area (Å²) in [5, 5.41) is 24.0. The summed E-state index contributed by atoms with van der Waals surface area (Å²) in [6, 6.07) is 15.1. The van der Waals surface area contributed by atoms with Gasteiger partial charge < -0.3 is 35.8 Å². The molecule has 0 atom stereocenters. The Morgan fingerprint density at radius 3 is 2.46 bits per heavy atom. The molecule has 0 aliphatic carbocycles. The number of amides is 3. The summed E-state index contributed by atoms with van der Waals surface area (Å²) < 4.78 is 36.8. The van der Waals surface area contributed by atoms with Gasteiger partial charge in [-0.25, -0.2) is 14.6 Å². The van der Waals surface area contributed by atoms with E-state index < -0.39 is 12.1 Å². The van der Waals surface area contributed by atoms with Gasteiger partial charge in [0.25, 0.3) is 5.91 Å². The van der Waals surface area contributed by atoms with E-state index in [0.29, 0.717) is 60.6 Å². The van der Waals surface area contributed by atoms with E-state index >= 15 is 0 Å². The van der Waals surface area contributed by atoms with Crippen molar-refractivity contribution in [2.24, 2.45) is 0 Å². The molecule has 13 nitrogen and oxygen atoms in total. The molecular weight excluding hydrogens is 657 g/mol. The number of aromatic nitrogens is 3. The summed E-state index contributed by atoms with van der Waals surface area (Å²) in [6.07, 6.45) is -0.755. The number of nitrogens with zero attached hydrogens (tertiary/aromatic N) is 4. The van der Waals surface area contributed by atoms with Gasteiger partial charge in [0.1, 0.15) is 10.8 Å². The molecule has 6 bridgehead atoms. The fourth-order valence-electron chi connectivity index (χ4n) is 5.06. The minimum Gasteiger partial charge on any atom is -0.475 e. The standard InChI is InChI=1S/C29H29ClN8O3.C2HF3O2/c1-17-13-25(37-41-17)27(39)38-11-9-20(10-12-38)34-29(40)35-24-8-7-22-15-19(24)6-5-18-3-2-4-21(14-18)33-28-31-16-23(30)26(32-22)36-28;3-2(4,5)1(6)7/h2-4,7-8,13-16,20H,5-6,9-12H2,1H3,(H2,34,35,40)(H2,31,32,33,36);(H,6,7). The van der Waals surface area contributed by atoms with Gasteiger partial charge in [-0.2, -0.15) is 18.2 Å². The molecule has 48 heavy (non-hydrogen) atoms. The molecule has 0 saturated carbocycles. The normalized spacial score (nSPS) is 14.4. The van der Waals surface area contributed by atoms with E-state index in [1.54, 1.807) is 24.1 Å². The number of carboxylic acid groups (broad SMARTS) is 1. The Bertz CT molecular complexity index is 1810. The number of hydrogen-bond donors (Lipinski definition) is 5. The second-order valence-corrected chi connectivity index (χ2v) is 11.4. The number of aryl methyl sites for hydroxylation is 3. The highest BCUT2D eigenvalue weighted by Gasteiger charge is 2.38. The van der Waals surface area contributed by atoms with Gasteiger partial charge in [0.15, 0.2) is 11.5 Å². The SMILES string of the molecule is Cc1cc(C(=O)N2CCC(NC(=O)Nc3ccc4cc3CCc3cccc(c3)Nc3ncc(Cl)c(n3)N4)CC2)no1.O=C(O)C(F)(F)F. The maximum Gasteiger partial charge on any atom is 0.490 e. The number of piperidine rings is 1. The van der Waals surface area contributed by atoms with Gasteiger partial charge in [-0.1, -0.05) is 28.9 Å². The molecule has 4 aromatic rings. The molecule has 2 aromatic carbocycles. The molecule has 5 N–H and O–H groups in total. The fraction of sp³-hybridized carbons (Fsp3) is 0.290. The summed E-state index contributed by atoms with van der Waals surface area (Å²) in [6.45, 7) is 2.81. The third-order valence-electron chi connectivity index (χ3n) is 7.43. The monoisotopic (exact) mass is 686 g/mol. The molecular formula is C31H30ClF3N8O5. The Morgan fingerprint density at radius 2 is 1.77 bits per heavy atom. The average Bonchev–Trinajstić information content (AvgIpc) is 3.48. The third-order valence-corrected chi connectivity index (χ3v) is 7.71. The number of carbonyl (C=O) groups is 3. The first-order valence-corrected chi connectivity index (χ1v) is 15.1. The smallest absolute Gasteiger partial charge is 0.475 e. The highest BCUT2D eigenvalue weighted by molar-refractivity contribution is 6.32. The van der Waals surface area contributed by atoms with Crippen LogP contribution < -0.4 is 21.3 Å². The highest BCUT2D eigenvalue weighted by Crippen LogP contribution is 2.29. The van der Waals surface area contributed by atoms with Gasteiger partial charge in [-0.15, -0.1) is 0 Å². The van der Waals surface area contributed by atoms with Crippen LogP contribution in [0.3, 0.4) is 0 Å². The number of rotatable bonds is 3. The van der Waals surface area contributed by atoms with Crippen molar-refractivity contribution >= 4 is 58.3 Å². The zero-order chi connectivity index (χ0) is 34.4. The number of aliphatic carboxylic acids is 1. The van der Waals surface area contributed by atoms with E-state index in [1.165, 1.54) is 0 Å². The van der Waals surface area contributed by atoms with Gasteiger partial charge >= 0.3 is 18.2 Å². The highest BCUT2D eigenvalue weighted by atomic mass is 35.5. The molecule has 6 rings (SSSR count). The van der Waals surface area contributed by atoms with Crippen molar-refractivity contribution < 1.29 is 37.2 Å². The average molecular weight is 687 g/mol. The first kappa shape index (κ1) is 34.0. The topological polar surface area (TPSA) is 175 Å². The Morgan fingerprint density at radius 1 is 1.04 bits per heavy atom. The minimum atomic E-state index is -5.08. The fourth-order valence-corrected chi connectivity index (χ4v) is 5.20. The Balaban J connectivity index is 0.000000582. The third kappa shape index (κ3) is 8.90. The van der Waals surface area contributed by atoms with Crippen molar-refractivity contribution in [3.05, 3.63) is 82.3 Å². The molecule has 1 fully saturated rings. The summed E-state index contributed by atoms with van der Waals surface area (Å²) in [4.78, 5) is 45.1. The predicted octanol–water partition coefficient (Wildman–Crippen LogP) is 6.07. The molecule has 17 heteroatoms. The number of hydrogen-bond acceptors (Lipinski definition) is 9. The van der Waals surface area contributed by atoms with E-state index in [4.69, 9.17) is 26.0 Å². The van der Waals surface area contributed by atoms with Crippen LogP contribution in [-0.4, -0.2) is 68.3 Å². The predicted molar refractivity (Wildman–Crippen MR) is 170 cm³/mol. The first-order chi connectivity index (χ1) is 22.8. The van der Waals surface area contributed by atoms with Gasteiger partial charge in [-0.05, 0) is 74.1 Å². The van der Waals surface area contributed by atoms with Crippen LogP contribution in [0, 0.1) is 6.92 Å². The summed E-state index contributed by atoms with van der Waals surface area (Å²) >= 11 is 6.37. The Hall–Kier alpha value is -5.38.